The van der Waals surface area contributed by atoms with E-state index in [0.717, 1.165) is 4.47 Å². The highest BCUT2D eigenvalue weighted by Crippen LogP contribution is 2.29. The van der Waals surface area contributed by atoms with Crippen LogP contribution in [0.3, 0.4) is 0 Å². The molecule has 0 radical (unpaired) electrons. The Balaban J connectivity index is 2.10. The minimum atomic E-state index is -0.612. The largest absolute Gasteiger partial charge is 0.485 e. The second kappa shape index (κ2) is 6.37. The van der Waals surface area contributed by atoms with Gasteiger partial charge >= 0.3 is 0 Å². The Kier molecular flexibility index (Phi) is 4.77. The molecule has 1 heterocycles. The number of aliphatic hydroxyl groups is 1. The third-order valence-electron chi connectivity index (χ3n) is 2.76. The van der Waals surface area contributed by atoms with Crippen molar-refractivity contribution in [3.05, 3.63) is 40.0 Å². The summed E-state index contributed by atoms with van der Waals surface area (Å²) in [6.07, 6.45) is -0.612. The van der Waals surface area contributed by atoms with E-state index in [9.17, 15) is 5.11 Å². The number of hydrogen-bond acceptors (Lipinski definition) is 5. The molecule has 0 fully saturated rings. The molecule has 0 amide bonds. The molecular formula is C14H17BrN2O3. The lowest BCUT2D eigenvalue weighted by Gasteiger charge is -2.12. The van der Waals surface area contributed by atoms with E-state index in [4.69, 9.17) is 9.26 Å². The van der Waals surface area contributed by atoms with Crippen molar-refractivity contribution < 1.29 is 14.4 Å². The number of hydrogen-bond donors (Lipinski definition) is 1. The first-order valence-corrected chi connectivity index (χ1v) is 7.19. The quantitative estimate of drug-likeness (QED) is 0.900. The summed E-state index contributed by atoms with van der Waals surface area (Å²) in [6.45, 7) is 5.87. The zero-order valence-corrected chi connectivity index (χ0v) is 13.2. The fourth-order valence-corrected chi connectivity index (χ4v) is 2.06. The van der Waals surface area contributed by atoms with Crippen molar-refractivity contribution in [1.82, 2.24) is 10.1 Å². The van der Waals surface area contributed by atoms with Gasteiger partial charge in [-0.1, -0.05) is 34.9 Å². The van der Waals surface area contributed by atoms with Crippen LogP contribution in [0.4, 0.5) is 0 Å². The molecule has 0 spiro atoms. The molecule has 20 heavy (non-hydrogen) atoms. The predicted octanol–water partition coefficient (Wildman–Crippen LogP) is 3.59. The molecule has 0 saturated carbocycles. The fraction of sp³-hybridized carbons (Fsp3) is 0.429. The molecule has 0 aliphatic carbocycles. The van der Waals surface area contributed by atoms with E-state index in [1.54, 1.807) is 13.0 Å². The lowest BCUT2D eigenvalue weighted by atomic mass is 10.1. The van der Waals surface area contributed by atoms with Gasteiger partial charge in [-0.3, -0.25) is 0 Å². The van der Waals surface area contributed by atoms with Gasteiger partial charge in [0.15, 0.2) is 6.61 Å². The van der Waals surface area contributed by atoms with Gasteiger partial charge in [0.2, 0.25) is 11.7 Å². The van der Waals surface area contributed by atoms with Gasteiger partial charge in [0.05, 0.1) is 6.10 Å². The first kappa shape index (κ1) is 15.0. The highest BCUT2D eigenvalue weighted by molar-refractivity contribution is 9.10. The molecule has 1 N–H and O–H groups in total. The van der Waals surface area contributed by atoms with E-state index in [1.807, 2.05) is 26.0 Å². The van der Waals surface area contributed by atoms with Gasteiger partial charge in [0.25, 0.3) is 0 Å². The monoisotopic (exact) mass is 340 g/mol. The maximum atomic E-state index is 9.75. The fourth-order valence-electron chi connectivity index (χ4n) is 1.68. The van der Waals surface area contributed by atoms with Crippen LogP contribution in [0.15, 0.2) is 27.2 Å². The summed E-state index contributed by atoms with van der Waals surface area (Å²) in [5.41, 5.74) is 0.715. The smallest absolute Gasteiger partial charge is 0.229 e. The molecule has 0 aliphatic heterocycles. The molecular weight excluding hydrogens is 324 g/mol. The summed E-state index contributed by atoms with van der Waals surface area (Å²) in [5.74, 6) is 1.89. The third-order valence-corrected chi connectivity index (χ3v) is 3.25. The Morgan fingerprint density at radius 3 is 2.70 bits per heavy atom. The van der Waals surface area contributed by atoms with Crippen LogP contribution in [0.2, 0.25) is 0 Å². The molecule has 2 rings (SSSR count). The van der Waals surface area contributed by atoms with Crippen molar-refractivity contribution in [3.63, 3.8) is 0 Å². The zero-order valence-electron chi connectivity index (χ0n) is 11.6. The third kappa shape index (κ3) is 3.58. The van der Waals surface area contributed by atoms with Gasteiger partial charge in [0.1, 0.15) is 5.75 Å². The van der Waals surface area contributed by atoms with E-state index in [1.165, 1.54) is 0 Å². The SMILES string of the molecule is CC(C)c1nc(COc2ccc(Br)cc2C(C)O)no1. The number of rotatable bonds is 5. The second-order valence-corrected chi connectivity index (χ2v) is 5.77. The molecule has 6 heteroatoms. The van der Waals surface area contributed by atoms with E-state index in [0.29, 0.717) is 23.0 Å². The van der Waals surface area contributed by atoms with Crippen LogP contribution in [0, 0.1) is 0 Å². The molecule has 0 aliphatic rings. The van der Waals surface area contributed by atoms with Gasteiger partial charge in [0, 0.05) is 16.0 Å². The second-order valence-electron chi connectivity index (χ2n) is 4.85. The molecule has 2 aromatic rings. The molecule has 0 saturated heterocycles. The van der Waals surface area contributed by atoms with E-state index in [2.05, 4.69) is 26.1 Å². The van der Waals surface area contributed by atoms with E-state index in [-0.39, 0.29) is 12.5 Å². The maximum absolute atomic E-state index is 9.75. The number of benzene rings is 1. The molecule has 1 aromatic carbocycles. The minimum Gasteiger partial charge on any atom is -0.485 e. The van der Waals surface area contributed by atoms with Crippen LogP contribution in [0.25, 0.3) is 0 Å². The topological polar surface area (TPSA) is 68.4 Å². The van der Waals surface area contributed by atoms with Crippen molar-refractivity contribution in [2.24, 2.45) is 0 Å². The van der Waals surface area contributed by atoms with Crippen LogP contribution < -0.4 is 4.74 Å². The van der Waals surface area contributed by atoms with Crippen molar-refractivity contribution in [1.29, 1.82) is 0 Å². The van der Waals surface area contributed by atoms with E-state index >= 15 is 0 Å². The summed E-state index contributed by atoms with van der Waals surface area (Å²) < 4.78 is 11.7. The minimum absolute atomic E-state index is 0.192. The van der Waals surface area contributed by atoms with Gasteiger partial charge in [-0.2, -0.15) is 4.98 Å². The first-order valence-electron chi connectivity index (χ1n) is 6.40. The lowest BCUT2D eigenvalue weighted by molar-refractivity contribution is 0.189. The summed E-state index contributed by atoms with van der Waals surface area (Å²) >= 11 is 3.37. The average Bonchev–Trinajstić information content (AvgIpc) is 2.86. The van der Waals surface area contributed by atoms with Crippen LogP contribution in [-0.4, -0.2) is 15.2 Å². The molecule has 1 atom stereocenters. The van der Waals surface area contributed by atoms with Crippen molar-refractivity contribution >= 4 is 15.9 Å². The summed E-state index contributed by atoms with van der Waals surface area (Å²) in [6, 6.07) is 5.49. The maximum Gasteiger partial charge on any atom is 0.229 e. The Morgan fingerprint density at radius 1 is 1.35 bits per heavy atom. The number of nitrogens with zero attached hydrogens (tertiary/aromatic N) is 2. The molecule has 5 nitrogen and oxygen atoms in total. The first-order chi connectivity index (χ1) is 9.47. The van der Waals surface area contributed by atoms with Gasteiger partial charge in [-0.15, -0.1) is 0 Å². The highest BCUT2D eigenvalue weighted by Gasteiger charge is 2.13. The van der Waals surface area contributed by atoms with E-state index < -0.39 is 6.10 Å². The Labute approximate surface area is 126 Å². The van der Waals surface area contributed by atoms with Crippen molar-refractivity contribution in [3.8, 4) is 5.75 Å². The van der Waals surface area contributed by atoms with Gasteiger partial charge < -0.3 is 14.4 Å². The van der Waals surface area contributed by atoms with Crippen LogP contribution in [0.5, 0.6) is 5.75 Å². The summed E-state index contributed by atoms with van der Waals surface area (Å²) in [7, 11) is 0. The Bertz CT molecular complexity index is 582. The van der Waals surface area contributed by atoms with Crippen molar-refractivity contribution in [2.45, 2.75) is 39.4 Å². The predicted molar refractivity (Wildman–Crippen MR) is 77.5 cm³/mol. The average molecular weight is 341 g/mol. The number of halogens is 1. The van der Waals surface area contributed by atoms with Crippen molar-refractivity contribution in [2.75, 3.05) is 0 Å². The molecule has 108 valence electrons. The summed E-state index contributed by atoms with van der Waals surface area (Å²) in [4.78, 5) is 4.24. The van der Waals surface area contributed by atoms with Gasteiger partial charge in [-0.25, -0.2) is 0 Å². The number of ether oxygens (including phenoxy) is 1. The van der Waals surface area contributed by atoms with Crippen LogP contribution >= 0.6 is 15.9 Å². The molecule has 1 aromatic heterocycles. The highest BCUT2D eigenvalue weighted by atomic mass is 79.9. The Hall–Kier alpha value is -1.40. The zero-order chi connectivity index (χ0) is 14.7. The lowest BCUT2D eigenvalue weighted by Crippen LogP contribution is -2.02. The number of aliphatic hydroxyl groups excluding tert-OH is 1. The Morgan fingerprint density at radius 2 is 2.10 bits per heavy atom. The molecule has 0 bridgehead atoms. The van der Waals surface area contributed by atoms with Crippen LogP contribution in [0.1, 0.15) is 50.1 Å². The standard InChI is InChI=1S/C14H17BrN2O3/c1-8(2)14-16-13(17-20-14)7-19-12-5-4-10(15)6-11(12)9(3)18/h4-6,8-9,18H,7H2,1-3H3. The van der Waals surface area contributed by atoms with Crippen LogP contribution in [-0.2, 0) is 6.61 Å². The normalized spacial score (nSPS) is 12.7. The summed E-state index contributed by atoms with van der Waals surface area (Å²) in [5, 5.41) is 13.6. The molecule has 1 unspecified atom stereocenters. The number of aromatic nitrogens is 2. The van der Waals surface area contributed by atoms with Gasteiger partial charge in [-0.05, 0) is 25.1 Å².